The van der Waals surface area contributed by atoms with Gasteiger partial charge >= 0.3 is 0 Å². The van der Waals surface area contributed by atoms with Crippen LogP contribution >= 0.6 is 0 Å². The zero-order valence-electron chi connectivity index (χ0n) is 25.9. The van der Waals surface area contributed by atoms with Gasteiger partial charge in [0.1, 0.15) is 22.3 Å². The van der Waals surface area contributed by atoms with E-state index in [1.165, 1.54) is 10.9 Å². The summed E-state index contributed by atoms with van der Waals surface area (Å²) in [7, 11) is 0. The molecule has 0 aliphatic carbocycles. The van der Waals surface area contributed by atoms with Crippen LogP contribution in [0.15, 0.2) is 173 Å². The molecule has 0 bridgehead atoms. The number of fused-ring (bicyclic) bond motifs is 9. The SMILES string of the molecule is c1ccc(-c2cc(-c3ccccc3)nc(-c3ccc(-c4cc5oc6ccc7oc8ccccc8c7c6c5c5ccccc45)cc3)c2)cc1. The molecule has 3 nitrogen and oxygen atoms in total. The molecule has 0 saturated heterocycles. The zero-order valence-corrected chi connectivity index (χ0v) is 25.9. The molecule has 7 aromatic carbocycles. The zero-order chi connectivity index (χ0) is 31.6. The van der Waals surface area contributed by atoms with E-state index in [2.05, 4.69) is 133 Å². The van der Waals surface area contributed by atoms with Gasteiger partial charge in [-0.05, 0) is 69.4 Å². The van der Waals surface area contributed by atoms with E-state index in [9.17, 15) is 0 Å². The number of rotatable bonds is 4. The van der Waals surface area contributed by atoms with E-state index in [0.717, 1.165) is 88.5 Å². The molecule has 0 spiro atoms. The molecule has 0 unspecified atom stereocenters. The molecule has 224 valence electrons. The van der Waals surface area contributed by atoms with Crippen LogP contribution in [0.5, 0.6) is 0 Å². The van der Waals surface area contributed by atoms with Gasteiger partial charge in [-0.25, -0.2) is 4.98 Å². The fourth-order valence-electron chi connectivity index (χ4n) is 7.23. The first-order chi connectivity index (χ1) is 23.8. The van der Waals surface area contributed by atoms with E-state index >= 15 is 0 Å². The van der Waals surface area contributed by atoms with Gasteiger partial charge in [0.25, 0.3) is 0 Å². The maximum Gasteiger partial charge on any atom is 0.136 e. The summed E-state index contributed by atoms with van der Waals surface area (Å²) in [5.41, 5.74) is 12.1. The van der Waals surface area contributed by atoms with Gasteiger partial charge in [-0.2, -0.15) is 0 Å². The van der Waals surface area contributed by atoms with Gasteiger partial charge < -0.3 is 8.83 Å². The molecule has 0 saturated carbocycles. The standard InChI is InChI=1S/C45H27NO2/c1-3-11-28(12-4-1)32-25-37(30-13-5-2-6-14-30)46-38(26-32)31-21-19-29(20-22-31)36-27-42-43(34-16-8-7-15-33(34)36)45-41(48-42)24-23-40-44(45)35-17-9-10-18-39(35)47-40/h1-27H. The molecule has 10 aromatic rings. The Balaban J connectivity index is 1.14. The van der Waals surface area contributed by atoms with Crippen molar-refractivity contribution in [3.8, 4) is 44.8 Å². The van der Waals surface area contributed by atoms with Gasteiger partial charge in [0.2, 0.25) is 0 Å². The molecule has 0 fully saturated rings. The van der Waals surface area contributed by atoms with Gasteiger partial charge in [0, 0.05) is 32.7 Å². The van der Waals surface area contributed by atoms with Crippen molar-refractivity contribution in [2.24, 2.45) is 0 Å². The molecule has 48 heavy (non-hydrogen) atoms. The summed E-state index contributed by atoms with van der Waals surface area (Å²) in [6, 6.07) is 57.1. The van der Waals surface area contributed by atoms with E-state index in [0.29, 0.717) is 0 Å². The van der Waals surface area contributed by atoms with Crippen LogP contribution in [0.3, 0.4) is 0 Å². The molecule has 0 aliphatic rings. The lowest BCUT2D eigenvalue weighted by atomic mass is 9.93. The molecule has 0 radical (unpaired) electrons. The lowest BCUT2D eigenvalue weighted by Gasteiger charge is -2.12. The normalized spacial score (nSPS) is 11.8. The molecule has 3 heteroatoms. The van der Waals surface area contributed by atoms with Gasteiger partial charge in [-0.1, -0.05) is 127 Å². The smallest absolute Gasteiger partial charge is 0.136 e. The molecule has 3 heterocycles. The Morgan fingerprint density at radius 1 is 0.312 bits per heavy atom. The average Bonchev–Trinajstić information content (AvgIpc) is 3.73. The Morgan fingerprint density at radius 3 is 1.56 bits per heavy atom. The highest BCUT2D eigenvalue weighted by atomic mass is 16.3. The fourth-order valence-corrected chi connectivity index (χ4v) is 7.23. The van der Waals surface area contributed by atoms with E-state index in [4.69, 9.17) is 13.8 Å². The van der Waals surface area contributed by atoms with Crippen LogP contribution < -0.4 is 0 Å². The molecule has 0 atom stereocenters. The van der Waals surface area contributed by atoms with Gasteiger partial charge in [0.05, 0.1) is 11.4 Å². The molecule has 3 aromatic heterocycles. The number of hydrogen-bond donors (Lipinski definition) is 0. The van der Waals surface area contributed by atoms with Crippen molar-refractivity contribution < 1.29 is 8.83 Å². The van der Waals surface area contributed by atoms with Crippen LogP contribution in [-0.4, -0.2) is 4.98 Å². The van der Waals surface area contributed by atoms with Crippen LogP contribution in [0, 0.1) is 0 Å². The molecule has 0 aliphatic heterocycles. The van der Waals surface area contributed by atoms with Crippen LogP contribution in [0.2, 0.25) is 0 Å². The maximum atomic E-state index is 6.60. The minimum atomic E-state index is 0.861. The first-order valence-electron chi connectivity index (χ1n) is 16.2. The van der Waals surface area contributed by atoms with Crippen molar-refractivity contribution >= 4 is 54.6 Å². The van der Waals surface area contributed by atoms with Crippen LogP contribution in [0.4, 0.5) is 0 Å². The topological polar surface area (TPSA) is 39.2 Å². The van der Waals surface area contributed by atoms with E-state index in [-0.39, 0.29) is 0 Å². The fraction of sp³-hybridized carbons (Fsp3) is 0. The molecular formula is C45H27NO2. The number of benzene rings is 7. The molecule has 0 N–H and O–H groups in total. The van der Waals surface area contributed by atoms with E-state index < -0.39 is 0 Å². The van der Waals surface area contributed by atoms with Crippen molar-refractivity contribution in [3.05, 3.63) is 164 Å². The monoisotopic (exact) mass is 613 g/mol. The first kappa shape index (κ1) is 26.7. The summed E-state index contributed by atoms with van der Waals surface area (Å²) in [6.07, 6.45) is 0. The largest absolute Gasteiger partial charge is 0.456 e. The summed E-state index contributed by atoms with van der Waals surface area (Å²) < 4.78 is 12.9. The Labute approximate surface area is 276 Å². The third-order valence-corrected chi connectivity index (χ3v) is 9.48. The third-order valence-electron chi connectivity index (χ3n) is 9.48. The predicted molar refractivity (Wildman–Crippen MR) is 198 cm³/mol. The number of nitrogens with zero attached hydrogens (tertiary/aromatic N) is 1. The second kappa shape index (κ2) is 10.5. The second-order valence-electron chi connectivity index (χ2n) is 12.3. The molecule has 0 amide bonds. The number of pyridine rings is 1. The summed E-state index contributed by atoms with van der Waals surface area (Å²) in [4.78, 5) is 5.14. The predicted octanol–water partition coefficient (Wildman–Crippen LogP) is 12.7. The highest BCUT2D eigenvalue weighted by Gasteiger charge is 2.20. The Bertz CT molecular complexity index is 2750. The summed E-state index contributed by atoms with van der Waals surface area (Å²) in [5.74, 6) is 0. The van der Waals surface area contributed by atoms with Crippen molar-refractivity contribution in [2.45, 2.75) is 0 Å². The van der Waals surface area contributed by atoms with Gasteiger partial charge in [0.15, 0.2) is 0 Å². The maximum absolute atomic E-state index is 6.60. The van der Waals surface area contributed by atoms with Crippen LogP contribution in [-0.2, 0) is 0 Å². The number of aromatic nitrogens is 1. The highest BCUT2D eigenvalue weighted by Crippen LogP contribution is 2.45. The molecular weight excluding hydrogens is 587 g/mol. The van der Waals surface area contributed by atoms with E-state index in [1.807, 2.05) is 30.3 Å². The van der Waals surface area contributed by atoms with Crippen molar-refractivity contribution in [1.82, 2.24) is 4.98 Å². The highest BCUT2D eigenvalue weighted by molar-refractivity contribution is 6.31. The lowest BCUT2D eigenvalue weighted by molar-refractivity contribution is 0.663. The van der Waals surface area contributed by atoms with Gasteiger partial charge in [-0.3, -0.25) is 0 Å². The number of hydrogen-bond acceptors (Lipinski definition) is 3. The van der Waals surface area contributed by atoms with E-state index in [1.54, 1.807) is 0 Å². The molecule has 10 rings (SSSR count). The van der Waals surface area contributed by atoms with Crippen LogP contribution in [0.25, 0.3) is 99.4 Å². The second-order valence-corrected chi connectivity index (χ2v) is 12.3. The average molecular weight is 614 g/mol. The summed E-state index contributed by atoms with van der Waals surface area (Å²) >= 11 is 0. The summed E-state index contributed by atoms with van der Waals surface area (Å²) in [5, 5.41) is 6.77. The van der Waals surface area contributed by atoms with Crippen molar-refractivity contribution in [3.63, 3.8) is 0 Å². The minimum Gasteiger partial charge on any atom is -0.456 e. The van der Waals surface area contributed by atoms with Crippen LogP contribution in [0.1, 0.15) is 0 Å². The number of para-hydroxylation sites is 1. The van der Waals surface area contributed by atoms with Crippen molar-refractivity contribution in [2.75, 3.05) is 0 Å². The Kier molecular flexibility index (Phi) is 5.87. The quantitative estimate of drug-likeness (QED) is 0.198. The Morgan fingerprint density at radius 2 is 0.833 bits per heavy atom. The van der Waals surface area contributed by atoms with Crippen molar-refractivity contribution in [1.29, 1.82) is 0 Å². The minimum absolute atomic E-state index is 0.861. The number of furan rings is 2. The Hall–Kier alpha value is -6.45. The van der Waals surface area contributed by atoms with Gasteiger partial charge in [-0.15, -0.1) is 0 Å². The third kappa shape index (κ3) is 4.18. The first-order valence-corrected chi connectivity index (χ1v) is 16.2. The lowest BCUT2D eigenvalue weighted by Crippen LogP contribution is -1.91. The summed E-state index contributed by atoms with van der Waals surface area (Å²) in [6.45, 7) is 0.